The fourth-order valence-electron chi connectivity index (χ4n) is 3.77. The molecule has 2 heterocycles. The van der Waals surface area contributed by atoms with Gasteiger partial charge in [0.2, 0.25) is 5.91 Å². The summed E-state index contributed by atoms with van der Waals surface area (Å²) in [6.07, 6.45) is 0.173. The van der Waals surface area contributed by atoms with Gasteiger partial charge in [0.05, 0.1) is 19.4 Å². The second-order valence-corrected chi connectivity index (χ2v) is 8.06. The van der Waals surface area contributed by atoms with Crippen LogP contribution < -0.4 is 14.8 Å². The lowest BCUT2D eigenvalue weighted by molar-refractivity contribution is -0.116. The minimum Gasteiger partial charge on any atom is -0.493 e. The summed E-state index contributed by atoms with van der Waals surface area (Å²) in [6, 6.07) is 11.0. The van der Waals surface area contributed by atoms with Crippen LogP contribution in [0.15, 0.2) is 42.5 Å². The Bertz CT molecular complexity index is 1160. The first-order valence-electron chi connectivity index (χ1n) is 9.69. The molecule has 0 saturated carbocycles. The van der Waals surface area contributed by atoms with Crippen LogP contribution >= 0.6 is 11.3 Å². The normalized spacial score (nSPS) is 15.2. The van der Waals surface area contributed by atoms with Crippen LogP contribution in [0.2, 0.25) is 0 Å². The van der Waals surface area contributed by atoms with Crippen molar-refractivity contribution in [1.82, 2.24) is 0 Å². The molecule has 0 fully saturated rings. The van der Waals surface area contributed by atoms with Crippen molar-refractivity contribution >= 4 is 28.9 Å². The van der Waals surface area contributed by atoms with Crippen molar-refractivity contribution in [3.05, 3.63) is 63.6 Å². The van der Waals surface area contributed by atoms with Crippen LogP contribution in [-0.4, -0.2) is 30.7 Å². The number of rotatable bonds is 6. The van der Waals surface area contributed by atoms with E-state index in [4.69, 9.17) is 9.47 Å². The van der Waals surface area contributed by atoms with Gasteiger partial charge in [0.25, 0.3) is 0 Å². The standard InChI is InChI=1S/C23H20FNO5S/c1-3-30-16-9-6-13(10-17(16)29-2)15-11-18(26)25-20-19(12-4-7-14(24)8-5-12)22(23(27)28)31-21(15)20/h4-10,15H,3,11H2,1-2H3,(H,25,26)(H,27,28). The van der Waals surface area contributed by atoms with E-state index in [1.807, 2.05) is 19.1 Å². The zero-order valence-electron chi connectivity index (χ0n) is 16.9. The molecule has 1 atom stereocenters. The minimum atomic E-state index is -1.10. The van der Waals surface area contributed by atoms with E-state index >= 15 is 0 Å². The van der Waals surface area contributed by atoms with Crippen molar-refractivity contribution < 1.29 is 28.6 Å². The van der Waals surface area contributed by atoms with E-state index < -0.39 is 11.8 Å². The fourth-order valence-corrected chi connectivity index (χ4v) is 5.02. The number of aromatic carboxylic acids is 1. The number of hydrogen-bond donors (Lipinski definition) is 2. The molecule has 0 spiro atoms. The average molecular weight is 441 g/mol. The summed E-state index contributed by atoms with van der Waals surface area (Å²) in [4.78, 5) is 25.4. The van der Waals surface area contributed by atoms with Gasteiger partial charge in [-0.3, -0.25) is 4.79 Å². The highest BCUT2D eigenvalue weighted by Gasteiger charge is 2.34. The van der Waals surface area contributed by atoms with E-state index in [1.54, 1.807) is 13.2 Å². The van der Waals surface area contributed by atoms with E-state index in [9.17, 15) is 19.1 Å². The first-order chi connectivity index (χ1) is 14.9. The lowest BCUT2D eigenvalue weighted by Gasteiger charge is -2.24. The van der Waals surface area contributed by atoms with E-state index in [0.29, 0.717) is 34.9 Å². The van der Waals surface area contributed by atoms with Crippen molar-refractivity contribution in [3.8, 4) is 22.6 Å². The summed E-state index contributed by atoms with van der Waals surface area (Å²) in [7, 11) is 1.54. The molecule has 160 valence electrons. The number of amides is 1. The van der Waals surface area contributed by atoms with Gasteiger partial charge in [0.1, 0.15) is 10.7 Å². The van der Waals surface area contributed by atoms with Crippen molar-refractivity contribution in [3.63, 3.8) is 0 Å². The van der Waals surface area contributed by atoms with Gasteiger partial charge in [-0.2, -0.15) is 0 Å². The number of carboxylic acid groups (broad SMARTS) is 1. The number of hydrogen-bond acceptors (Lipinski definition) is 5. The molecule has 0 radical (unpaired) electrons. The lowest BCUT2D eigenvalue weighted by atomic mass is 9.88. The first-order valence-corrected chi connectivity index (χ1v) is 10.5. The SMILES string of the molecule is CCOc1ccc(C2CC(=O)Nc3c2sc(C(=O)O)c3-c2ccc(F)cc2)cc1OC. The summed E-state index contributed by atoms with van der Waals surface area (Å²) in [6.45, 7) is 2.36. The van der Waals surface area contributed by atoms with Crippen LogP contribution in [0.4, 0.5) is 10.1 Å². The number of nitrogens with one attached hydrogen (secondary N) is 1. The summed E-state index contributed by atoms with van der Waals surface area (Å²) in [5.74, 6) is -0.947. The highest BCUT2D eigenvalue weighted by molar-refractivity contribution is 7.15. The number of thiophene rings is 1. The second kappa shape index (κ2) is 8.39. The van der Waals surface area contributed by atoms with Crippen molar-refractivity contribution in [2.45, 2.75) is 19.3 Å². The smallest absolute Gasteiger partial charge is 0.346 e. The van der Waals surface area contributed by atoms with Crippen molar-refractivity contribution in [1.29, 1.82) is 0 Å². The Balaban J connectivity index is 1.87. The van der Waals surface area contributed by atoms with Gasteiger partial charge in [-0.25, -0.2) is 9.18 Å². The molecule has 2 N–H and O–H groups in total. The first kappa shape index (κ1) is 20.9. The molecule has 1 aromatic heterocycles. The average Bonchev–Trinajstić information content (AvgIpc) is 3.14. The van der Waals surface area contributed by atoms with Crippen LogP contribution in [0.5, 0.6) is 11.5 Å². The molecule has 1 amide bonds. The van der Waals surface area contributed by atoms with E-state index in [0.717, 1.165) is 21.8 Å². The highest BCUT2D eigenvalue weighted by Crippen LogP contribution is 2.50. The summed E-state index contributed by atoms with van der Waals surface area (Å²) >= 11 is 1.12. The molecule has 2 aromatic carbocycles. The molecule has 6 nitrogen and oxygen atoms in total. The maximum absolute atomic E-state index is 13.4. The van der Waals surface area contributed by atoms with Gasteiger partial charge in [-0.05, 0) is 42.3 Å². The predicted molar refractivity (Wildman–Crippen MR) is 116 cm³/mol. The molecular formula is C23H20FNO5S. The number of methoxy groups -OCH3 is 1. The van der Waals surface area contributed by atoms with Gasteiger partial charge in [-0.15, -0.1) is 11.3 Å². The Morgan fingerprint density at radius 1 is 1.23 bits per heavy atom. The Labute approximate surface area is 182 Å². The monoisotopic (exact) mass is 441 g/mol. The summed E-state index contributed by atoms with van der Waals surface area (Å²) in [5, 5.41) is 12.7. The van der Waals surface area contributed by atoms with E-state index in [1.165, 1.54) is 24.3 Å². The van der Waals surface area contributed by atoms with E-state index in [-0.39, 0.29) is 23.1 Å². The largest absolute Gasteiger partial charge is 0.493 e. The topological polar surface area (TPSA) is 84.9 Å². The van der Waals surface area contributed by atoms with Crippen LogP contribution in [0.3, 0.4) is 0 Å². The van der Waals surface area contributed by atoms with Gasteiger partial charge in [0.15, 0.2) is 11.5 Å². The molecule has 31 heavy (non-hydrogen) atoms. The molecule has 0 bridgehead atoms. The van der Waals surface area contributed by atoms with Gasteiger partial charge < -0.3 is 19.9 Å². The fraction of sp³-hybridized carbons (Fsp3) is 0.217. The lowest BCUT2D eigenvalue weighted by Crippen LogP contribution is -2.22. The molecule has 1 aliphatic rings. The van der Waals surface area contributed by atoms with Crippen molar-refractivity contribution in [2.75, 3.05) is 19.0 Å². The molecule has 0 saturated heterocycles. The van der Waals surface area contributed by atoms with E-state index in [2.05, 4.69) is 5.32 Å². The summed E-state index contributed by atoms with van der Waals surface area (Å²) in [5.41, 5.74) is 2.20. The third-order valence-electron chi connectivity index (χ3n) is 5.12. The number of fused-ring (bicyclic) bond motifs is 1. The minimum absolute atomic E-state index is 0.0988. The summed E-state index contributed by atoms with van der Waals surface area (Å²) < 4.78 is 24.4. The number of halogens is 1. The van der Waals surface area contributed by atoms with Crippen LogP contribution in [0, 0.1) is 5.82 Å². The quantitative estimate of drug-likeness (QED) is 0.554. The third-order valence-corrected chi connectivity index (χ3v) is 6.41. The van der Waals surface area contributed by atoms with Crippen LogP contribution in [0.25, 0.3) is 11.1 Å². The molecule has 3 aromatic rings. The Morgan fingerprint density at radius 3 is 2.61 bits per heavy atom. The Morgan fingerprint density at radius 2 is 1.97 bits per heavy atom. The van der Waals surface area contributed by atoms with Gasteiger partial charge >= 0.3 is 5.97 Å². The molecule has 8 heteroatoms. The number of benzene rings is 2. The number of carboxylic acids is 1. The molecule has 4 rings (SSSR count). The van der Waals surface area contributed by atoms with Crippen LogP contribution in [0.1, 0.15) is 39.4 Å². The maximum Gasteiger partial charge on any atom is 0.346 e. The Hall–Kier alpha value is -3.39. The predicted octanol–water partition coefficient (Wildman–Crippen LogP) is 5.13. The molecule has 1 unspecified atom stereocenters. The Kier molecular flexibility index (Phi) is 5.65. The van der Waals surface area contributed by atoms with Crippen molar-refractivity contribution in [2.24, 2.45) is 0 Å². The molecular weight excluding hydrogens is 421 g/mol. The number of anilines is 1. The number of carbonyl (C=O) groups excluding carboxylic acids is 1. The van der Waals surface area contributed by atoms with Gasteiger partial charge in [-0.1, -0.05) is 18.2 Å². The highest BCUT2D eigenvalue weighted by atomic mass is 32.1. The number of carbonyl (C=O) groups is 2. The maximum atomic E-state index is 13.4. The number of ether oxygens (including phenoxy) is 2. The van der Waals surface area contributed by atoms with Crippen LogP contribution in [-0.2, 0) is 4.79 Å². The second-order valence-electron chi connectivity index (χ2n) is 7.01. The zero-order valence-corrected chi connectivity index (χ0v) is 17.7. The van der Waals surface area contributed by atoms with Gasteiger partial charge in [0, 0.05) is 22.8 Å². The zero-order chi connectivity index (χ0) is 22.1. The molecule has 1 aliphatic heterocycles. The third kappa shape index (κ3) is 3.86. The molecule has 0 aliphatic carbocycles.